The Morgan fingerprint density at radius 1 is 0.971 bits per heavy atom. The van der Waals surface area contributed by atoms with Gasteiger partial charge in [0.25, 0.3) is 0 Å². The van der Waals surface area contributed by atoms with Crippen LogP contribution in [-0.4, -0.2) is 27.7 Å². The lowest BCUT2D eigenvalue weighted by Gasteiger charge is -2.33. The van der Waals surface area contributed by atoms with E-state index < -0.39 is 6.04 Å². The number of fused-ring (bicyclic) bond motifs is 1. The molecule has 2 aromatic carbocycles. The number of benzene rings is 2. The molecule has 1 saturated carbocycles. The number of nitrogens with zero attached hydrogens (tertiary/aromatic N) is 1. The second kappa shape index (κ2) is 10.9. The van der Waals surface area contributed by atoms with Gasteiger partial charge in [0.2, 0.25) is 11.8 Å². The molecule has 1 aliphatic carbocycles. The zero-order valence-electron chi connectivity index (χ0n) is 19.8. The van der Waals surface area contributed by atoms with E-state index in [-0.39, 0.29) is 24.3 Å². The fourth-order valence-corrected chi connectivity index (χ4v) is 5.88. The molecule has 0 bridgehead atoms. The Balaban J connectivity index is 1.47. The number of aromatic nitrogens is 1. The summed E-state index contributed by atoms with van der Waals surface area (Å²) in [5, 5.41) is 6.30. The summed E-state index contributed by atoms with van der Waals surface area (Å²) in [7, 11) is 0. The zero-order valence-corrected chi connectivity index (χ0v) is 20.6. The Kier molecular flexibility index (Phi) is 7.28. The van der Waals surface area contributed by atoms with Crippen LogP contribution in [0.1, 0.15) is 54.1 Å². The summed E-state index contributed by atoms with van der Waals surface area (Å²) in [6.45, 7) is 0.378. The number of para-hydroxylation sites is 1. The summed E-state index contributed by atoms with van der Waals surface area (Å²) in [5.74, 6) is -0.140. The summed E-state index contributed by atoms with van der Waals surface area (Å²) >= 11 is 1.53. The van der Waals surface area contributed by atoms with Gasteiger partial charge in [-0.25, -0.2) is 0 Å². The summed E-state index contributed by atoms with van der Waals surface area (Å²) in [4.78, 5) is 33.6. The van der Waals surface area contributed by atoms with E-state index in [1.165, 1.54) is 17.8 Å². The van der Waals surface area contributed by atoms with Crippen LogP contribution < -0.4 is 5.32 Å². The second-order valence-corrected chi connectivity index (χ2v) is 10.3. The lowest BCUT2D eigenvalue weighted by atomic mass is 9.95. The third-order valence-electron chi connectivity index (χ3n) is 6.86. The van der Waals surface area contributed by atoms with Crippen molar-refractivity contribution < 1.29 is 9.59 Å². The van der Waals surface area contributed by atoms with Gasteiger partial charge in [0.15, 0.2) is 0 Å². The molecule has 2 amide bonds. The Morgan fingerprint density at radius 2 is 1.74 bits per heavy atom. The van der Waals surface area contributed by atoms with Gasteiger partial charge in [0, 0.05) is 34.6 Å². The largest absolute Gasteiger partial charge is 0.361 e. The van der Waals surface area contributed by atoms with Gasteiger partial charge in [-0.3, -0.25) is 9.59 Å². The highest BCUT2D eigenvalue weighted by atomic mass is 32.1. The van der Waals surface area contributed by atoms with E-state index >= 15 is 0 Å². The summed E-state index contributed by atoms with van der Waals surface area (Å²) in [6, 6.07) is 21.4. The lowest BCUT2D eigenvalue weighted by Crippen LogP contribution is -2.47. The average molecular weight is 486 g/mol. The minimum absolute atomic E-state index is 0.0594. The molecule has 2 aromatic heterocycles. The number of hydrogen-bond acceptors (Lipinski definition) is 3. The van der Waals surface area contributed by atoms with Gasteiger partial charge in [0.1, 0.15) is 6.04 Å². The first-order valence-corrected chi connectivity index (χ1v) is 13.3. The number of hydrogen-bond donors (Lipinski definition) is 2. The fraction of sp³-hybridized carbons (Fsp3) is 0.310. The fourth-order valence-electron chi connectivity index (χ4n) is 5.04. The first kappa shape index (κ1) is 23.4. The van der Waals surface area contributed by atoms with Gasteiger partial charge in [-0.1, -0.05) is 73.9 Å². The molecule has 0 saturated heterocycles. The molecule has 4 aromatic rings. The van der Waals surface area contributed by atoms with Crippen LogP contribution in [0.25, 0.3) is 10.9 Å². The topological polar surface area (TPSA) is 65.2 Å². The number of H-pyrrole nitrogens is 1. The highest BCUT2D eigenvalue weighted by Gasteiger charge is 2.34. The van der Waals surface area contributed by atoms with Crippen LogP contribution in [0.3, 0.4) is 0 Å². The number of aromatic amines is 1. The van der Waals surface area contributed by atoms with E-state index in [4.69, 9.17) is 0 Å². The van der Waals surface area contributed by atoms with Crippen LogP contribution >= 0.6 is 11.3 Å². The van der Waals surface area contributed by atoms with Crippen LogP contribution in [0.4, 0.5) is 0 Å². The number of thiophene rings is 1. The highest BCUT2D eigenvalue weighted by Crippen LogP contribution is 2.30. The van der Waals surface area contributed by atoms with E-state index in [1.54, 1.807) is 4.90 Å². The minimum Gasteiger partial charge on any atom is -0.361 e. The maximum absolute atomic E-state index is 13.9. The molecule has 5 nitrogen and oxygen atoms in total. The Labute approximate surface area is 210 Å². The second-order valence-electron chi connectivity index (χ2n) is 9.30. The van der Waals surface area contributed by atoms with E-state index in [0.29, 0.717) is 6.54 Å². The molecular formula is C29H31N3O2S. The molecule has 35 heavy (non-hydrogen) atoms. The van der Waals surface area contributed by atoms with E-state index in [2.05, 4.69) is 10.3 Å². The number of rotatable bonds is 8. The third-order valence-corrected chi connectivity index (χ3v) is 7.78. The van der Waals surface area contributed by atoms with Gasteiger partial charge >= 0.3 is 0 Å². The normalized spacial score (nSPS) is 15.1. The molecule has 1 atom stereocenters. The van der Waals surface area contributed by atoms with Crippen molar-refractivity contribution in [3.05, 3.63) is 94.3 Å². The summed E-state index contributed by atoms with van der Waals surface area (Å²) in [5.41, 5.74) is 2.96. The molecule has 1 fully saturated rings. The quantitative estimate of drug-likeness (QED) is 0.322. The van der Waals surface area contributed by atoms with Crippen LogP contribution in [0, 0.1) is 0 Å². The maximum atomic E-state index is 13.9. The van der Waals surface area contributed by atoms with Crippen molar-refractivity contribution in [1.82, 2.24) is 15.2 Å². The van der Waals surface area contributed by atoms with E-state index in [0.717, 1.165) is 52.6 Å². The summed E-state index contributed by atoms with van der Waals surface area (Å²) < 4.78 is 0. The van der Waals surface area contributed by atoms with Crippen molar-refractivity contribution in [2.24, 2.45) is 0 Å². The van der Waals surface area contributed by atoms with Crippen LogP contribution in [-0.2, 0) is 22.6 Å². The van der Waals surface area contributed by atoms with Crippen molar-refractivity contribution >= 4 is 34.1 Å². The number of nitrogens with one attached hydrogen (secondary N) is 2. The van der Waals surface area contributed by atoms with E-state index in [9.17, 15) is 9.59 Å². The highest BCUT2D eigenvalue weighted by molar-refractivity contribution is 7.10. The van der Waals surface area contributed by atoms with Crippen molar-refractivity contribution in [2.75, 3.05) is 0 Å². The number of amides is 2. The van der Waals surface area contributed by atoms with Crippen LogP contribution in [0.2, 0.25) is 0 Å². The van der Waals surface area contributed by atoms with Gasteiger partial charge in [-0.05, 0) is 41.5 Å². The third kappa shape index (κ3) is 5.49. The number of carbonyl (C=O) groups excluding carboxylic acids is 2. The first-order chi connectivity index (χ1) is 17.2. The number of carbonyl (C=O) groups is 2. The monoisotopic (exact) mass is 485 g/mol. The van der Waals surface area contributed by atoms with Crippen LogP contribution in [0.5, 0.6) is 0 Å². The smallest absolute Gasteiger partial charge is 0.248 e. The van der Waals surface area contributed by atoms with Crippen LogP contribution in [0.15, 0.2) is 78.3 Å². The Hall–Kier alpha value is -3.38. The molecule has 2 heterocycles. The van der Waals surface area contributed by atoms with Gasteiger partial charge in [-0.15, -0.1) is 11.3 Å². The molecule has 2 N–H and O–H groups in total. The molecule has 0 unspecified atom stereocenters. The van der Waals surface area contributed by atoms with Gasteiger partial charge in [-0.2, -0.15) is 0 Å². The lowest BCUT2D eigenvalue weighted by molar-refractivity contribution is -0.141. The Bertz CT molecular complexity index is 1260. The minimum atomic E-state index is -0.658. The van der Waals surface area contributed by atoms with Gasteiger partial charge in [0.05, 0.1) is 6.42 Å². The molecule has 6 heteroatoms. The molecule has 1 aliphatic rings. The average Bonchev–Trinajstić information content (AvgIpc) is 3.56. The Morgan fingerprint density at radius 3 is 2.51 bits per heavy atom. The van der Waals surface area contributed by atoms with Crippen molar-refractivity contribution in [3.63, 3.8) is 0 Å². The van der Waals surface area contributed by atoms with E-state index in [1.807, 2.05) is 78.3 Å². The molecule has 5 rings (SSSR count). The molecule has 0 spiro atoms. The summed E-state index contributed by atoms with van der Waals surface area (Å²) in [6.07, 6.45) is 7.66. The molecule has 0 aliphatic heterocycles. The van der Waals surface area contributed by atoms with Crippen molar-refractivity contribution in [1.29, 1.82) is 0 Å². The predicted molar refractivity (Wildman–Crippen MR) is 141 cm³/mol. The maximum Gasteiger partial charge on any atom is 0.248 e. The first-order valence-electron chi connectivity index (χ1n) is 12.4. The standard InChI is InChI=1S/C29H31N3O2S/c33-27(18-22-19-30-25-15-8-7-14-24(22)25)32(20-21-10-3-1-4-11-21)28(26-16-9-17-35-26)29(34)31-23-12-5-2-6-13-23/h1,3-4,7-11,14-17,19,23,28,30H,2,5-6,12-13,18,20H2,(H,31,34)/t28-/m0/s1. The SMILES string of the molecule is O=C(NC1CCCCC1)[C@H](c1cccs1)N(Cc1ccccc1)C(=O)Cc1c[nH]c2ccccc12. The molecule has 0 radical (unpaired) electrons. The molecular weight excluding hydrogens is 454 g/mol. The van der Waals surface area contributed by atoms with Crippen molar-refractivity contribution in [2.45, 2.75) is 57.2 Å². The predicted octanol–water partition coefficient (Wildman–Crippen LogP) is 5.99. The molecule has 180 valence electrons. The van der Waals surface area contributed by atoms with Crippen molar-refractivity contribution in [3.8, 4) is 0 Å². The zero-order chi connectivity index (χ0) is 24.0. The van der Waals surface area contributed by atoms with Gasteiger partial charge < -0.3 is 15.2 Å².